The third-order valence-electron chi connectivity index (χ3n) is 3.22. The van der Waals surface area contributed by atoms with Gasteiger partial charge in [0.2, 0.25) is 10.0 Å². The number of rotatable bonds is 4. The normalized spacial score (nSPS) is 18.8. The maximum absolute atomic E-state index is 14.1. The van der Waals surface area contributed by atoms with Crippen LogP contribution in [0, 0.1) is 5.82 Å². The summed E-state index contributed by atoms with van der Waals surface area (Å²) in [7, 11) is -2.31. The van der Waals surface area contributed by atoms with Crippen molar-refractivity contribution in [2.24, 2.45) is 5.73 Å². The number of anilines is 2. The van der Waals surface area contributed by atoms with Crippen LogP contribution < -0.4 is 14.9 Å². The largest absolute Gasteiger partial charge is 0.443 e. The van der Waals surface area contributed by atoms with Gasteiger partial charge in [-0.05, 0) is 18.2 Å². The Bertz CT molecular complexity index is 664. The molecule has 7 nitrogen and oxygen atoms in total. The van der Waals surface area contributed by atoms with E-state index in [1.54, 1.807) is 0 Å². The first-order valence-electron chi connectivity index (χ1n) is 6.15. The highest BCUT2D eigenvalue weighted by atomic mass is 32.2. The van der Waals surface area contributed by atoms with Gasteiger partial charge in [0, 0.05) is 13.6 Å². The van der Waals surface area contributed by atoms with Gasteiger partial charge in [-0.2, -0.15) is 0 Å². The number of hydrogen-bond acceptors (Lipinski definition) is 5. The monoisotopic (exact) mass is 317 g/mol. The number of nitrogens with zero attached hydrogens (tertiary/aromatic N) is 2. The van der Waals surface area contributed by atoms with Crippen molar-refractivity contribution in [1.82, 2.24) is 0 Å². The molecule has 0 unspecified atom stereocenters. The number of cyclic esters (lactones) is 1. The molecule has 1 heterocycles. The number of carbonyl (C=O) groups excluding carboxylic acids is 1. The number of hydrogen-bond donors (Lipinski definition) is 1. The second-order valence-electron chi connectivity index (χ2n) is 4.72. The molecule has 21 heavy (non-hydrogen) atoms. The molecular formula is C12H16FN3O4S. The van der Waals surface area contributed by atoms with Crippen LogP contribution in [0.25, 0.3) is 0 Å². The van der Waals surface area contributed by atoms with Crippen molar-refractivity contribution in [1.29, 1.82) is 0 Å². The number of amides is 1. The van der Waals surface area contributed by atoms with E-state index < -0.39 is 28.0 Å². The number of halogens is 1. The SMILES string of the molecule is CN(c1ccc(N2C[C@@H](CN)OC2=O)cc1F)S(C)(=O)=O. The molecular weight excluding hydrogens is 301 g/mol. The fourth-order valence-corrected chi connectivity index (χ4v) is 2.46. The topological polar surface area (TPSA) is 92.9 Å². The molecule has 1 atom stereocenters. The Morgan fingerprint density at radius 1 is 1.52 bits per heavy atom. The Kier molecular flexibility index (Phi) is 4.06. The summed E-state index contributed by atoms with van der Waals surface area (Å²) in [5.41, 5.74) is 5.62. The molecule has 1 aliphatic rings. The minimum Gasteiger partial charge on any atom is -0.443 e. The van der Waals surface area contributed by atoms with Crippen LogP contribution in [0.3, 0.4) is 0 Å². The zero-order valence-corrected chi connectivity index (χ0v) is 12.4. The second kappa shape index (κ2) is 5.49. The van der Waals surface area contributed by atoms with E-state index in [9.17, 15) is 17.6 Å². The highest BCUT2D eigenvalue weighted by Gasteiger charge is 2.32. The first-order chi connectivity index (χ1) is 9.74. The van der Waals surface area contributed by atoms with Crippen molar-refractivity contribution in [2.75, 3.05) is 35.6 Å². The lowest BCUT2D eigenvalue weighted by molar-refractivity contribution is 0.145. The quantitative estimate of drug-likeness (QED) is 0.873. The van der Waals surface area contributed by atoms with Gasteiger partial charge in [-0.15, -0.1) is 0 Å². The zero-order valence-electron chi connectivity index (χ0n) is 11.6. The van der Waals surface area contributed by atoms with Crippen LogP contribution in [0.15, 0.2) is 18.2 Å². The Labute approximate surface area is 122 Å². The number of ether oxygens (including phenoxy) is 1. The molecule has 1 fully saturated rings. The van der Waals surface area contributed by atoms with E-state index in [1.807, 2.05) is 0 Å². The van der Waals surface area contributed by atoms with Gasteiger partial charge in [-0.25, -0.2) is 17.6 Å². The molecule has 0 saturated carbocycles. The fourth-order valence-electron chi connectivity index (χ4n) is 1.95. The summed E-state index contributed by atoms with van der Waals surface area (Å²) in [6, 6.07) is 3.85. The van der Waals surface area contributed by atoms with Crippen LogP contribution in [0.5, 0.6) is 0 Å². The molecule has 0 bridgehead atoms. The summed E-state index contributed by atoms with van der Waals surface area (Å²) in [5.74, 6) is -0.746. The Balaban J connectivity index is 2.30. The maximum Gasteiger partial charge on any atom is 0.414 e. The van der Waals surface area contributed by atoms with Crippen molar-refractivity contribution < 1.29 is 22.3 Å². The minimum atomic E-state index is -3.56. The standard InChI is InChI=1S/C12H16FN3O4S/c1-15(21(2,18)19)11-4-3-8(5-10(11)13)16-7-9(6-14)20-12(16)17/h3-5,9H,6-7,14H2,1-2H3/t9-/m1/s1. The molecule has 0 aromatic heterocycles. The highest BCUT2D eigenvalue weighted by molar-refractivity contribution is 7.92. The van der Waals surface area contributed by atoms with E-state index in [0.29, 0.717) is 5.69 Å². The first-order valence-corrected chi connectivity index (χ1v) is 8.00. The van der Waals surface area contributed by atoms with Crippen LogP contribution in [0.1, 0.15) is 0 Å². The smallest absolute Gasteiger partial charge is 0.414 e. The van der Waals surface area contributed by atoms with Crippen molar-refractivity contribution in [3.63, 3.8) is 0 Å². The lowest BCUT2D eigenvalue weighted by Crippen LogP contribution is -2.28. The van der Waals surface area contributed by atoms with Crippen LogP contribution in [-0.4, -0.2) is 47.0 Å². The van der Waals surface area contributed by atoms with E-state index in [0.717, 1.165) is 16.6 Å². The summed E-state index contributed by atoms with van der Waals surface area (Å²) in [5, 5.41) is 0. The summed E-state index contributed by atoms with van der Waals surface area (Å²) >= 11 is 0. The zero-order chi connectivity index (χ0) is 15.8. The lowest BCUT2D eigenvalue weighted by Gasteiger charge is -2.19. The van der Waals surface area contributed by atoms with Crippen LogP contribution in [-0.2, 0) is 14.8 Å². The van der Waals surface area contributed by atoms with Gasteiger partial charge < -0.3 is 10.5 Å². The molecule has 1 aliphatic heterocycles. The van der Waals surface area contributed by atoms with Gasteiger partial charge in [0.05, 0.1) is 24.2 Å². The molecule has 1 aromatic carbocycles. The minimum absolute atomic E-state index is 0.0933. The molecule has 2 N–H and O–H groups in total. The Hall–Kier alpha value is -1.87. The van der Waals surface area contributed by atoms with E-state index >= 15 is 0 Å². The lowest BCUT2D eigenvalue weighted by atomic mass is 10.2. The predicted molar refractivity (Wildman–Crippen MR) is 76.3 cm³/mol. The van der Waals surface area contributed by atoms with Crippen molar-refractivity contribution in [2.45, 2.75) is 6.10 Å². The summed E-state index contributed by atoms with van der Waals surface area (Å²) < 4.78 is 42.7. The van der Waals surface area contributed by atoms with Gasteiger partial charge in [-0.3, -0.25) is 9.21 Å². The third-order valence-corrected chi connectivity index (χ3v) is 4.41. The number of benzene rings is 1. The fraction of sp³-hybridized carbons (Fsp3) is 0.417. The van der Waals surface area contributed by atoms with Crippen LogP contribution in [0.2, 0.25) is 0 Å². The van der Waals surface area contributed by atoms with Gasteiger partial charge >= 0.3 is 6.09 Å². The van der Waals surface area contributed by atoms with Gasteiger partial charge in [-0.1, -0.05) is 0 Å². The van der Waals surface area contributed by atoms with Crippen LogP contribution >= 0.6 is 0 Å². The molecule has 9 heteroatoms. The maximum atomic E-state index is 14.1. The summed E-state index contributed by atoms with van der Waals surface area (Å²) in [6.07, 6.45) is -0.0580. The van der Waals surface area contributed by atoms with E-state index in [2.05, 4.69) is 0 Å². The second-order valence-corrected chi connectivity index (χ2v) is 6.73. The highest BCUT2D eigenvalue weighted by Crippen LogP contribution is 2.28. The van der Waals surface area contributed by atoms with Gasteiger partial charge in [0.1, 0.15) is 11.9 Å². The van der Waals surface area contributed by atoms with Crippen molar-refractivity contribution in [3.05, 3.63) is 24.0 Å². The van der Waals surface area contributed by atoms with Crippen molar-refractivity contribution in [3.8, 4) is 0 Å². The number of nitrogens with two attached hydrogens (primary N) is 1. The summed E-state index contributed by atoms with van der Waals surface area (Å²) in [4.78, 5) is 12.9. The van der Waals surface area contributed by atoms with E-state index in [1.165, 1.54) is 24.1 Å². The summed E-state index contributed by atoms with van der Waals surface area (Å²) in [6.45, 7) is 0.412. The predicted octanol–water partition coefficient (Wildman–Crippen LogP) is 0.505. The third kappa shape index (κ3) is 3.08. The molecule has 2 rings (SSSR count). The molecule has 0 radical (unpaired) electrons. The Morgan fingerprint density at radius 3 is 2.67 bits per heavy atom. The van der Waals surface area contributed by atoms with E-state index in [4.69, 9.17) is 10.5 Å². The average Bonchev–Trinajstić information content (AvgIpc) is 2.78. The van der Waals surface area contributed by atoms with E-state index in [-0.39, 0.29) is 18.8 Å². The van der Waals surface area contributed by atoms with Crippen LogP contribution in [0.4, 0.5) is 20.6 Å². The van der Waals surface area contributed by atoms with Crippen molar-refractivity contribution >= 4 is 27.5 Å². The molecule has 0 spiro atoms. The molecule has 1 saturated heterocycles. The van der Waals surface area contributed by atoms with Gasteiger partial charge in [0.15, 0.2) is 0 Å². The molecule has 0 aliphatic carbocycles. The van der Waals surface area contributed by atoms with Gasteiger partial charge in [0.25, 0.3) is 0 Å². The Morgan fingerprint density at radius 2 is 2.19 bits per heavy atom. The molecule has 116 valence electrons. The number of sulfonamides is 1. The molecule has 1 amide bonds. The average molecular weight is 317 g/mol. The molecule has 1 aromatic rings. The first kappa shape index (κ1) is 15.5. The number of carbonyl (C=O) groups is 1.